The number of hydrogen-bond donors (Lipinski definition) is 2. The Morgan fingerprint density at radius 2 is 2.10 bits per heavy atom. The fourth-order valence-electron chi connectivity index (χ4n) is 2.55. The van der Waals surface area contributed by atoms with Crippen LogP contribution in [-0.2, 0) is 0 Å². The molecule has 1 heterocycles. The lowest BCUT2D eigenvalue weighted by molar-refractivity contribution is 0.0784. The number of nitrogens with one attached hydrogen (secondary N) is 1. The summed E-state index contributed by atoms with van der Waals surface area (Å²) in [7, 11) is 1.42. The monoisotopic (exact) mass is 284 g/mol. The summed E-state index contributed by atoms with van der Waals surface area (Å²) in [6.45, 7) is 1.17. The van der Waals surface area contributed by atoms with E-state index in [1.165, 1.54) is 7.05 Å². The third-order valence-electron chi connectivity index (χ3n) is 3.65. The molecule has 110 valence electrons. The topological polar surface area (TPSA) is 52.6 Å². The van der Waals surface area contributed by atoms with E-state index >= 15 is 0 Å². The van der Waals surface area contributed by atoms with Gasteiger partial charge < -0.3 is 15.3 Å². The van der Waals surface area contributed by atoms with Gasteiger partial charge in [0.2, 0.25) is 0 Å². The Balaban J connectivity index is 2.14. The highest BCUT2D eigenvalue weighted by Gasteiger charge is 2.27. The van der Waals surface area contributed by atoms with Crippen molar-refractivity contribution in [2.45, 2.75) is 12.8 Å². The molecule has 0 saturated carbocycles. The van der Waals surface area contributed by atoms with Crippen LogP contribution in [0.3, 0.4) is 0 Å². The van der Waals surface area contributed by atoms with Crippen molar-refractivity contribution in [2.24, 2.45) is 5.92 Å². The number of halogens is 2. The molecule has 2 N–H and O–H groups in total. The van der Waals surface area contributed by atoms with Crippen LogP contribution in [0.15, 0.2) is 12.1 Å². The highest BCUT2D eigenvalue weighted by Crippen LogP contribution is 2.24. The Kier molecular flexibility index (Phi) is 4.54. The van der Waals surface area contributed by atoms with Crippen molar-refractivity contribution >= 4 is 11.6 Å². The van der Waals surface area contributed by atoms with Crippen LogP contribution in [0.1, 0.15) is 23.2 Å². The highest BCUT2D eigenvalue weighted by atomic mass is 19.1. The molecule has 1 aliphatic heterocycles. The Hall–Kier alpha value is -1.69. The van der Waals surface area contributed by atoms with Gasteiger partial charge in [-0.2, -0.15) is 0 Å². The number of carbonyl (C=O) groups excluding carboxylic acids is 1. The van der Waals surface area contributed by atoms with Crippen LogP contribution in [0.2, 0.25) is 0 Å². The molecule has 1 fully saturated rings. The van der Waals surface area contributed by atoms with Crippen molar-refractivity contribution in [1.82, 2.24) is 4.90 Å². The average molecular weight is 284 g/mol. The van der Waals surface area contributed by atoms with Gasteiger partial charge in [0.05, 0.1) is 0 Å². The van der Waals surface area contributed by atoms with Gasteiger partial charge in [0.1, 0.15) is 17.3 Å². The van der Waals surface area contributed by atoms with Crippen LogP contribution in [0.4, 0.5) is 14.5 Å². The molecule has 1 aromatic carbocycles. The molecule has 6 heteroatoms. The lowest BCUT2D eigenvalue weighted by Gasteiger charge is -2.17. The van der Waals surface area contributed by atoms with Gasteiger partial charge in [-0.3, -0.25) is 4.79 Å². The van der Waals surface area contributed by atoms with E-state index in [2.05, 4.69) is 5.32 Å². The Morgan fingerprint density at radius 3 is 2.65 bits per heavy atom. The first-order chi connectivity index (χ1) is 9.56. The number of hydrogen-bond acceptors (Lipinski definition) is 3. The first kappa shape index (κ1) is 14.7. The highest BCUT2D eigenvalue weighted by molar-refractivity contribution is 5.94. The summed E-state index contributed by atoms with van der Waals surface area (Å²) in [6.07, 6.45) is 1.46. The number of nitrogens with zero attached hydrogens (tertiary/aromatic N) is 1. The molecule has 0 bridgehead atoms. The summed E-state index contributed by atoms with van der Waals surface area (Å²) in [5.74, 6) is -1.66. The minimum Gasteiger partial charge on any atom is -0.396 e. The van der Waals surface area contributed by atoms with Crippen molar-refractivity contribution in [3.05, 3.63) is 29.3 Å². The zero-order valence-electron chi connectivity index (χ0n) is 11.3. The summed E-state index contributed by atoms with van der Waals surface area (Å²) >= 11 is 0. The molecule has 0 spiro atoms. The lowest BCUT2D eigenvalue weighted by atomic mass is 10.1. The second kappa shape index (κ2) is 6.17. The average Bonchev–Trinajstić information content (AvgIpc) is 2.86. The second-order valence-corrected chi connectivity index (χ2v) is 4.98. The molecule has 1 aliphatic rings. The van der Waals surface area contributed by atoms with Gasteiger partial charge in [0, 0.05) is 32.3 Å². The molecule has 0 aromatic heterocycles. The van der Waals surface area contributed by atoms with Crippen molar-refractivity contribution in [3.63, 3.8) is 0 Å². The number of carbonyl (C=O) groups is 1. The minimum atomic E-state index is -0.776. The molecule has 2 rings (SSSR count). The van der Waals surface area contributed by atoms with Gasteiger partial charge in [-0.1, -0.05) is 0 Å². The van der Waals surface area contributed by atoms with Crippen LogP contribution < -0.4 is 5.32 Å². The van der Waals surface area contributed by atoms with E-state index < -0.39 is 11.6 Å². The number of amides is 1. The van der Waals surface area contributed by atoms with E-state index in [1.54, 1.807) is 4.90 Å². The summed E-state index contributed by atoms with van der Waals surface area (Å²) in [5, 5.41) is 11.3. The normalized spacial score (nSPS) is 18.4. The molecule has 1 unspecified atom stereocenters. The van der Waals surface area contributed by atoms with E-state index in [0.29, 0.717) is 19.5 Å². The molecule has 4 nitrogen and oxygen atoms in total. The van der Waals surface area contributed by atoms with Crippen LogP contribution in [0.25, 0.3) is 0 Å². The van der Waals surface area contributed by atoms with E-state index in [4.69, 9.17) is 5.11 Å². The molecule has 1 atom stereocenters. The van der Waals surface area contributed by atoms with Gasteiger partial charge >= 0.3 is 0 Å². The van der Waals surface area contributed by atoms with Crippen LogP contribution in [0.5, 0.6) is 0 Å². The standard InChI is InChI=1S/C14H18F2N2O2/c1-17-13-11(15)6-10(7-12(13)16)14(20)18-4-2-9(8-18)3-5-19/h6-7,9,17,19H,2-5,8H2,1H3. The minimum absolute atomic E-state index is 0.0173. The molecular weight excluding hydrogens is 266 g/mol. The number of aliphatic hydroxyl groups excluding tert-OH is 1. The molecule has 0 radical (unpaired) electrons. The van der Waals surface area contributed by atoms with Crippen LogP contribution in [-0.4, -0.2) is 42.7 Å². The van der Waals surface area contributed by atoms with E-state index in [-0.39, 0.29) is 29.7 Å². The smallest absolute Gasteiger partial charge is 0.254 e. The van der Waals surface area contributed by atoms with E-state index in [1.807, 2.05) is 0 Å². The first-order valence-electron chi connectivity index (χ1n) is 6.63. The number of anilines is 1. The summed E-state index contributed by atoms with van der Waals surface area (Å²) in [5.41, 5.74) is -0.218. The maximum absolute atomic E-state index is 13.6. The molecule has 1 saturated heterocycles. The molecule has 20 heavy (non-hydrogen) atoms. The zero-order chi connectivity index (χ0) is 14.7. The Morgan fingerprint density at radius 1 is 1.45 bits per heavy atom. The summed E-state index contributed by atoms with van der Waals surface area (Å²) in [6, 6.07) is 2.10. The molecular formula is C14H18F2N2O2. The second-order valence-electron chi connectivity index (χ2n) is 4.98. The Labute approximate surface area is 116 Å². The molecule has 0 aliphatic carbocycles. The maximum atomic E-state index is 13.6. The quantitative estimate of drug-likeness (QED) is 0.887. The van der Waals surface area contributed by atoms with Gasteiger partial charge in [0.15, 0.2) is 0 Å². The summed E-state index contributed by atoms with van der Waals surface area (Å²) in [4.78, 5) is 13.8. The van der Waals surface area contributed by atoms with E-state index in [9.17, 15) is 13.6 Å². The summed E-state index contributed by atoms with van der Waals surface area (Å²) < 4.78 is 27.3. The van der Waals surface area contributed by atoms with Gasteiger partial charge in [-0.05, 0) is 30.9 Å². The Bertz CT molecular complexity index is 485. The van der Waals surface area contributed by atoms with E-state index in [0.717, 1.165) is 18.6 Å². The van der Waals surface area contributed by atoms with Crippen LogP contribution >= 0.6 is 0 Å². The largest absolute Gasteiger partial charge is 0.396 e. The number of benzene rings is 1. The third kappa shape index (κ3) is 2.90. The van der Waals surface area contributed by atoms with Crippen molar-refractivity contribution in [3.8, 4) is 0 Å². The van der Waals surface area contributed by atoms with Gasteiger partial charge in [-0.15, -0.1) is 0 Å². The van der Waals surface area contributed by atoms with Crippen LogP contribution in [0, 0.1) is 17.6 Å². The molecule has 1 aromatic rings. The maximum Gasteiger partial charge on any atom is 0.254 e. The number of rotatable bonds is 4. The molecule has 1 amide bonds. The fourth-order valence-corrected chi connectivity index (χ4v) is 2.55. The van der Waals surface area contributed by atoms with Crippen molar-refractivity contribution in [1.29, 1.82) is 0 Å². The fraction of sp³-hybridized carbons (Fsp3) is 0.500. The first-order valence-corrected chi connectivity index (χ1v) is 6.63. The van der Waals surface area contributed by atoms with Gasteiger partial charge in [-0.25, -0.2) is 8.78 Å². The predicted octanol–water partition coefficient (Wildman–Crippen LogP) is 1.85. The number of aliphatic hydroxyl groups is 1. The SMILES string of the molecule is CNc1c(F)cc(C(=O)N2CCC(CCO)C2)cc1F. The lowest BCUT2D eigenvalue weighted by Crippen LogP contribution is -2.29. The zero-order valence-corrected chi connectivity index (χ0v) is 11.3. The van der Waals surface area contributed by atoms with Gasteiger partial charge in [0.25, 0.3) is 5.91 Å². The van der Waals surface area contributed by atoms with Crippen molar-refractivity contribution < 1.29 is 18.7 Å². The third-order valence-corrected chi connectivity index (χ3v) is 3.65. The predicted molar refractivity (Wildman–Crippen MR) is 71.6 cm³/mol. The van der Waals surface area contributed by atoms with Crippen molar-refractivity contribution in [2.75, 3.05) is 32.1 Å². The number of likely N-dealkylation sites (tertiary alicyclic amines) is 1.